The van der Waals surface area contributed by atoms with E-state index in [-0.39, 0.29) is 5.41 Å². The van der Waals surface area contributed by atoms with Crippen molar-refractivity contribution in [2.24, 2.45) is 0 Å². The molecule has 0 bridgehead atoms. The van der Waals surface area contributed by atoms with E-state index >= 15 is 0 Å². The van der Waals surface area contributed by atoms with Gasteiger partial charge in [-0.1, -0.05) is 50.2 Å². The van der Waals surface area contributed by atoms with Crippen LogP contribution in [-0.4, -0.2) is 23.4 Å². The van der Waals surface area contributed by atoms with E-state index in [0.717, 1.165) is 50.6 Å². The maximum absolute atomic E-state index is 5.37. The number of aryl methyl sites for hydroxylation is 2. The van der Waals surface area contributed by atoms with Crippen LogP contribution in [0.15, 0.2) is 28.8 Å². The van der Waals surface area contributed by atoms with Gasteiger partial charge in [-0.3, -0.25) is 0 Å². The molecule has 0 N–H and O–H groups in total. The molecule has 2 aromatic rings. The fourth-order valence-electron chi connectivity index (χ4n) is 2.89. The Morgan fingerprint density at radius 3 is 2.57 bits per heavy atom. The molecular formula is C19H26N2O2. The summed E-state index contributed by atoms with van der Waals surface area (Å²) in [4.78, 5) is 4.51. The lowest BCUT2D eigenvalue weighted by Gasteiger charge is -2.19. The van der Waals surface area contributed by atoms with E-state index in [1.54, 1.807) is 0 Å². The summed E-state index contributed by atoms with van der Waals surface area (Å²) in [6, 6.07) is 8.94. The molecule has 1 fully saturated rings. The van der Waals surface area contributed by atoms with Crippen molar-refractivity contribution in [3.8, 4) is 0 Å². The summed E-state index contributed by atoms with van der Waals surface area (Å²) in [5, 5.41) is 4.10. The van der Waals surface area contributed by atoms with Crippen LogP contribution in [0.2, 0.25) is 0 Å². The third-order valence-electron chi connectivity index (χ3n) is 4.45. The molecule has 124 valence electrons. The van der Waals surface area contributed by atoms with Crippen molar-refractivity contribution in [3.05, 3.63) is 47.1 Å². The molecule has 1 aliphatic heterocycles. The summed E-state index contributed by atoms with van der Waals surface area (Å²) >= 11 is 0. The lowest BCUT2D eigenvalue weighted by atomic mass is 9.86. The lowest BCUT2D eigenvalue weighted by molar-refractivity contribution is 0.192. The molecule has 1 saturated heterocycles. The largest absolute Gasteiger partial charge is 0.381 e. The zero-order chi connectivity index (χ0) is 16.3. The van der Waals surface area contributed by atoms with Crippen molar-refractivity contribution < 1.29 is 9.26 Å². The van der Waals surface area contributed by atoms with E-state index in [9.17, 15) is 0 Å². The SMILES string of the molecule is CC(C)(C)c1ccc(CCCc2nc([C@H]3CCOC3)no2)cc1. The summed E-state index contributed by atoms with van der Waals surface area (Å²) in [5.41, 5.74) is 2.95. The van der Waals surface area contributed by atoms with Gasteiger partial charge in [0, 0.05) is 18.9 Å². The van der Waals surface area contributed by atoms with Crippen LogP contribution in [0.1, 0.15) is 62.4 Å². The molecule has 0 radical (unpaired) electrons. The van der Waals surface area contributed by atoms with Gasteiger partial charge in [0.1, 0.15) is 0 Å². The predicted octanol–water partition coefficient (Wildman–Crippen LogP) is 4.05. The minimum Gasteiger partial charge on any atom is -0.381 e. The molecule has 23 heavy (non-hydrogen) atoms. The van der Waals surface area contributed by atoms with Gasteiger partial charge in [-0.15, -0.1) is 0 Å². The molecule has 0 saturated carbocycles. The van der Waals surface area contributed by atoms with E-state index in [1.807, 2.05) is 0 Å². The van der Waals surface area contributed by atoms with Gasteiger partial charge in [-0.25, -0.2) is 0 Å². The molecule has 0 amide bonds. The number of ether oxygens (including phenoxy) is 1. The molecular weight excluding hydrogens is 288 g/mol. The van der Waals surface area contributed by atoms with Gasteiger partial charge in [0.15, 0.2) is 5.82 Å². The minimum atomic E-state index is 0.211. The monoisotopic (exact) mass is 314 g/mol. The fourth-order valence-corrected chi connectivity index (χ4v) is 2.89. The molecule has 1 aromatic carbocycles. The molecule has 1 aliphatic rings. The van der Waals surface area contributed by atoms with E-state index in [2.05, 4.69) is 55.2 Å². The smallest absolute Gasteiger partial charge is 0.226 e. The molecule has 0 aliphatic carbocycles. The van der Waals surface area contributed by atoms with Crippen LogP contribution in [0.4, 0.5) is 0 Å². The van der Waals surface area contributed by atoms with Gasteiger partial charge in [0.2, 0.25) is 5.89 Å². The first kappa shape index (κ1) is 16.2. The Bertz CT molecular complexity index is 620. The number of benzene rings is 1. The molecule has 0 unspecified atom stereocenters. The first-order valence-corrected chi connectivity index (χ1v) is 8.52. The van der Waals surface area contributed by atoms with E-state index in [1.165, 1.54) is 11.1 Å². The number of hydrogen-bond acceptors (Lipinski definition) is 4. The Labute approximate surface area is 138 Å². The van der Waals surface area contributed by atoms with Crippen molar-refractivity contribution in [1.29, 1.82) is 0 Å². The van der Waals surface area contributed by atoms with E-state index < -0.39 is 0 Å². The van der Waals surface area contributed by atoms with Crippen LogP contribution in [0.3, 0.4) is 0 Å². The van der Waals surface area contributed by atoms with Gasteiger partial charge in [0.05, 0.1) is 6.61 Å². The second-order valence-corrected chi connectivity index (χ2v) is 7.41. The van der Waals surface area contributed by atoms with Crippen LogP contribution in [0.25, 0.3) is 0 Å². The number of aromatic nitrogens is 2. The van der Waals surface area contributed by atoms with E-state index in [4.69, 9.17) is 9.26 Å². The normalized spacial score (nSPS) is 18.5. The van der Waals surface area contributed by atoms with Crippen molar-refractivity contribution in [1.82, 2.24) is 10.1 Å². The Kier molecular flexibility index (Phi) is 4.81. The highest BCUT2D eigenvalue weighted by atomic mass is 16.5. The van der Waals surface area contributed by atoms with Gasteiger partial charge >= 0.3 is 0 Å². The zero-order valence-electron chi connectivity index (χ0n) is 14.3. The quantitative estimate of drug-likeness (QED) is 0.835. The van der Waals surface area contributed by atoms with Crippen LogP contribution >= 0.6 is 0 Å². The van der Waals surface area contributed by atoms with Crippen LogP contribution in [0, 0.1) is 0 Å². The standard InChI is InChI=1S/C19H26N2O2/c1-19(2,3)16-9-7-14(8-10-16)5-4-6-17-20-18(21-23-17)15-11-12-22-13-15/h7-10,15H,4-6,11-13H2,1-3H3/t15-/m0/s1. The molecule has 2 heterocycles. The highest BCUT2D eigenvalue weighted by Crippen LogP contribution is 2.24. The second kappa shape index (κ2) is 6.83. The average molecular weight is 314 g/mol. The molecule has 3 rings (SSSR count). The zero-order valence-corrected chi connectivity index (χ0v) is 14.3. The highest BCUT2D eigenvalue weighted by Gasteiger charge is 2.22. The maximum atomic E-state index is 5.37. The topological polar surface area (TPSA) is 48.2 Å². The van der Waals surface area contributed by atoms with Crippen LogP contribution in [-0.2, 0) is 23.0 Å². The van der Waals surface area contributed by atoms with Gasteiger partial charge in [-0.05, 0) is 35.8 Å². The summed E-state index contributed by atoms with van der Waals surface area (Å²) < 4.78 is 10.7. The first-order valence-electron chi connectivity index (χ1n) is 8.52. The highest BCUT2D eigenvalue weighted by molar-refractivity contribution is 5.27. The molecule has 1 atom stereocenters. The number of hydrogen-bond donors (Lipinski definition) is 0. The summed E-state index contributed by atoms with van der Waals surface area (Å²) in [6.45, 7) is 8.25. The fraction of sp³-hybridized carbons (Fsp3) is 0.579. The summed E-state index contributed by atoms with van der Waals surface area (Å²) in [5.74, 6) is 1.88. The van der Waals surface area contributed by atoms with Crippen LogP contribution in [0.5, 0.6) is 0 Å². The Morgan fingerprint density at radius 2 is 1.91 bits per heavy atom. The molecule has 0 spiro atoms. The number of rotatable bonds is 5. The van der Waals surface area contributed by atoms with Crippen molar-refractivity contribution in [2.45, 2.75) is 57.8 Å². The van der Waals surface area contributed by atoms with Gasteiger partial charge in [0.25, 0.3) is 0 Å². The average Bonchev–Trinajstić information content (AvgIpc) is 3.18. The Hall–Kier alpha value is -1.68. The lowest BCUT2D eigenvalue weighted by Crippen LogP contribution is -2.10. The third kappa shape index (κ3) is 4.20. The minimum absolute atomic E-state index is 0.211. The van der Waals surface area contributed by atoms with Crippen molar-refractivity contribution in [2.75, 3.05) is 13.2 Å². The Balaban J connectivity index is 1.49. The molecule has 4 nitrogen and oxygen atoms in total. The Morgan fingerprint density at radius 1 is 1.13 bits per heavy atom. The summed E-state index contributed by atoms with van der Waals surface area (Å²) in [7, 11) is 0. The van der Waals surface area contributed by atoms with Gasteiger partial charge in [-0.2, -0.15) is 4.98 Å². The predicted molar refractivity (Wildman–Crippen MR) is 89.6 cm³/mol. The third-order valence-corrected chi connectivity index (χ3v) is 4.45. The van der Waals surface area contributed by atoms with Gasteiger partial charge < -0.3 is 9.26 Å². The summed E-state index contributed by atoms with van der Waals surface area (Å²) in [6.07, 6.45) is 3.90. The second-order valence-electron chi connectivity index (χ2n) is 7.41. The van der Waals surface area contributed by atoms with E-state index in [0.29, 0.717) is 5.92 Å². The maximum Gasteiger partial charge on any atom is 0.226 e. The van der Waals surface area contributed by atoms with Crippen molar-refractivity contribution >= 4 is 0 Å². The van der Waals surface area contributed by atoms with Crippen LogP contribution < -0.4 is 0 Å². The molecule has 1 aromatic heterocycles. The van der Waals surface area contributed by atoms with Crippen molar-refractivity contribution in [3.63, 3.8) is 0 Å². The number of nitrogens with zero attached hydrogens (tertiary/aromatic N) is 2. The molecule has 4 heteroatoms. The first-order chi connectivity index (χ1) is 11.0.